The van der Waals surface area contributed by atoms with Gasteiger partial charge in [-0.25, -0.2) is 4.79 Å². The van der Waals surface area contributed by atoms with E-state index in [2.05, 4.69) is 0 Å². The van der Waals surface area contributed by atoms with Gasteiger partial charge >= 0.3 is 5.97 Å². The predicted molar refractivity (Wildman–Crippen MR) is 87.9 cm³/mol. The van der Waals surface area contributed by atoms with E-state index in [4.69, 9.17) is 9.47 Å². The number of aliphatic hydroxyl groups is 2. The first-order chi connectivity index (χ1) is 11.1. The quantitative estimate of drug-likeness (QED) is 0.456. The lowest BCUT2D eigenvalue weighted by Gasteiger charge is -2.23. The van der Waals surface area contributed by atoms with Gasteiger partial charge in [0.1, 0.15) is 0 Å². The molecule has 0 aliphatic rings. The third kappa shape index (κ3) is 7.59. The molecule has 1 aromatic carbocycles. The molecule has 1 rings (SSSR count). The van der Waals surface area contributed by atoms with Gasteiger partial charge < -0.3 is 19.7 Å². The molecule has 5 heteroatoms. The van der Waals surface area contributed by atoms with Gasteiger partial charge in [0, 0.05) is 6.61 Å². The number of hydrogen-bond acceptors (Lipinski definition) is 5. The molecule has 0 bridgehead atoms. The third-order valence-electron chi connectivity index (χ3n) is 3.66. The van der Waals surface area contributed by atoms with Crippen molar-refractivity contribution in [1.29, 1.82) is 0 Å². The minimum atomic E-state index is -1.76. The minimum absolute atomic E-state index is 0.194. The van der Waals surface area contributed by atoms with Crippen LogP contribution >= 0.6 is 0 Å². The zero-order valence-corrected chi connectivity index (χ0v) is 13.9. The lowest BCUT2D eigenvalue weighted by atomic mass is 9.97. The Balaban J connectivity index is 2.07. The van der Waals surface area contributed by atoms with E-state index < -0.39 is 18.2 Å². The maximum Gasteiger partial charge on any atom is 0.340 e. The van der Waals surface area contributed by atoms with Crippen molar-refractivity contribution in [3.63, 3.8) is 0 Å². The molecule has 0 saturated carbocycles. The van der Waals surface area contributed by atoms with Gasteiger partial charge in [0.15, 0.2) is 5.60 Å². The molecule has 1 aromatic rings. The van der Waals surface area contributed by atoms with Crippen LogP contribution in [0.25, 0.3) is 0 Å². The van der Waals surface area contributed by atoms with Gasteiger partial charge in [0.25, 0.3) is 0 Å². The molecule has 0 fully saturated rings. The molecule has 1 atom stereocenters. The molecular formula is C18H28O5. The molecular weight excluding hydrogens is 296 g/mol. The van der Waals surface area contributed by atoms with Gasteiger partial charge in [-0.1, -0.05) is 43.2 Å². The van der Waals surface area contributed by atoms with Crippen molar-refractivity contribution in [2.45, 2.75) is 51.2 Å². The molecule has 0 radical (unpaired) electrons. The van der Waals surface area contributed by atoms with Crippen molar-refractivity contribution in [2.75, 3.05) is 19.8 Å². The summed E-state index contributed by atoms with van der Waals surface area (Å²) in [4.78, 5) is 11.6. The van der Waals surface area contributed by atoms with E-state index in [-0.39, 0.29) is 13.0 Å². The number of unbranched alkanes of at least 4 members (excludes halogenated alkanes) is 3. The fourth-order valence-electron chi connectivity index (χ4n) is 2.25. The molecule has 0 heterocycles. The lowest BCUT2D eigenvalue weighted by molar-refractivity contribution is -0.170. The van der Waals surface area contributed by atoms with E-state index in [9.17, 15) is 15.0 Å². The summed E-state index contributed by atoms with van der Waals surface area (Å²) < 4.78 is 10.4. The smallest absolute Gasteiger partial charge is 0.340 e. The second kappa shape index (κ2) is 11.2. The van der Waals surface area contributed by atoms with Crippen molar-refractivity contribution >= 4 is 5.97 Å². The van der Waals surface area contributed by atoms with Crippen molar-refractivity contribution in [3.05, 3.63) is 35.9 Å². The fraction of sp³-hybridized carbons (Fsp3) is 0.611. The molecule has 0 amide bonds. The van der Waals surface area contributed by atoms with Crippen molar-refractivity contribution < 1.29 is 24.5 Å². The number of benzene rings is 1. The fourth-order valence-corrected chi connectivity index (χ4v) is 2.25. The second-order valence-corrected chi connectivity index (χ2v) is 5.61. The summed E-state index contributed by atoms with van der Waals surface area (Å²) in [5.74, 6) is -0.742. The molecule has 0 spiro atoms. The maximum atomic E-state index is 11.6. The lowest BCUT2D eigenvalue weighted by Crippen LogP contribution is -2.43. The van der Waals surface area contributed by atoms with Gasteiger partial charge in [-0.2, -0.15) is 0 Å². The third-order valence-corrected chi connectivity index (χ3v) is 3.66. The van der Waals surface area contributed by atoms with Crippen molar-refractivity contribution in [1.82, 2.24) is 0 Å². The zero-order chi connectivity index (χ0) is 17.0. The second-order valence-electron chi connectivity index (χ2n) is 5.61. The molecule has 5 nitrogen and oxygen atoms in total. The van der Waals surface area contributed by atoms with Gasteiger partial charge in [0.05, 0.1) is 19.8 Å². The first kappa shape index (κ1) is 19.6. The van der Waals surface area contributed by atoms with E-state index in [0.29, 0.717) is 19.6 Å². The van der Waals surface area contributed by atoms with Crippen LogP contribution in [0.4, 0.5) is 0 Å². The Bertz CT molecular complexity index is 434. The Kier molecular flexibility index (Phi) is 9.52. The van der Waals surface area contributed by atoms with Crippen LogP contribution in [-0.4, -0.2) is 41.6 Å². The van der Waals surface area contributed by atoms with Crippen LogP contribution in [0.15, 0.2) is 30.3 Å². The van der Waals surface area contributed by atoms with Crippen LogP contribution in [0.2, 0.25) is 0 Å². The van der Waals surface area contributed by atoms with E-state index >= 15 is 0 Å². The average Bonchev–Trinajstić information content (AvgIpc) is 2.58. The zero-order valence-electron chi connectivity index (χ0n) is 13.9. The van der Waals surface area contributed by atoms with Crippen LogP contribution < -0.4 is 0 Å². The Labute approximate surface area is 138 Å². The molecule has 0 aromatic heterocycles. The van der Waals surface area contributed by atoms with Crippen LogP contribution in [0.5, 0.6) is 0 Å². The minimum Gasteiger partial charge on any atom is -0.464 e. The highest BCUT2D eigenvalue weighted by Crippen LogP contribution is 2.17. The molecule has 1 unspecified atom stereocenters. The Morgan fingerprint density at radius 3 is 2.48 bits per heavy atom. The monoisotopic (exact) mass is 324 g/mol. The van der Waals surface area contributed by atoms with E-state index in [0.717, 1.165) is 24.8 Å². The van der Waals surface area contributed by atoms with Crippen LogP contribution in [-0.2, 0) is 20.9 Å². The summed E-state index contributed by atoms with van der Waals surface area (Å²) in [6.45, 7) is 2.57. The molecule has 0 aliphatic heterocycles. The first-order valence-electron chi connectivity index (χ1n) is 8.24. The molecule has 130 valence electrons. The van der Waals surface area contributed by atoms with E-state index in [1.807, 2.05) is 30.3 Å². The summed E-state index contributed by atoms with van der Waals surface area (Å²) in [7, 11) is 0. The highest BCUT2D eigenvalue weighted by atomic mass is 16.6. The number of rotatable bonds is 12. The van der Waals surface area contributed by atoms with Gasteiger partial charge in [-0.15, -0.1) is 0 Å². The van der Waals surface area contributed by atoms with Crippen molar-refractivity contribution in [2.24, 2.45) is 0 Å². The van der Waals surface area contributed by atoms with Crippen molar-refractivity contribution in [3.8, 4) is 0 Å². The summed E-state index contributed by atoms with van der Waals surface area (Å²) in [5, 5.41) is 19.2. The van der Waals surface area contributed by atoms with E-state index in [1.165, 1.54) is 0 Å². The molecule has 23 heavy (non-hydrogen) atoms. The highest BCUT2D eigenvalue weighted by molar-refractivity contribution is 5.79. The predicted octanol–water partition coefficient (Wildman–Crippen LogP) is 2.44. The largest absolute Gasteiger partial charge is 0.464 e. The van der Waals surface area contributed by atoms with Gasteiger partial charge in [0.2, 0.25) is 0 Å². The highest BCUT2D eigenvalue weighted by Gasteiger charge is 2.36. The Morgan fingerprint density at radius 1 is 1.13 bits per heavy atom. The SMILES string of the molecule is CCOC(=O)C(O)(CO)CCCCCCOCc1ccccc1. The average molecular weight is 324 g/mol. The molecule has 0 aliphatic carbocycles. The maximum absolute atomic E-state index is 11.6. The van der Waals surface area contributed by atoms with Gasteiger partial charge in [-0.3, -0.25) is 0 Å². The van der Waals surface area contributed by atoms with E-state index in [1.54, 1.807) is 6.92 Å². The Hall–Kier alpha value is -1.43. The first-order valence-corrected chi connectivity index (χ1v) is 8.24. The number of ether oxygens (including phenoxy) is 2. The standard InChI is InChI=1S/C18H28O5/c1-2-23-17(20)18(21,15-19)12-8-3-4-9-13-22-14-16-10-6-5-7-11-16/h5-7,10-11,19,21H,2-4,8-9,12-15H2,1H3. The summed E-state index contributed by atoms with van der Waals surface area (Å²) in [6, 6.07) is 10.0. The van der Waals surface area contributed by atoms with Crippen LogP contribution in [0.3, 0.4) is 0 Å². The number of hydrogen-bond donors (Lipinski definition) is 2. The van der Waals surface area contributed by atoms with Gasteiger partial charge in [-0.05, 0) is 31.7 Å². The number of aliphatic hydroxyl groups excluding tert-OH is 1. The summed E-state index contributed by atoms with van der Waals surface area (Å²) >= 11 is 0. The number of esters is 1. The number of carbonyl (C=O) groups is 1. The normalized spacial score (nSPS) is 13.5. The molecule has 2 N–H and O–H groups in total. The van der Waals surface area contributed by atoms with Crippen LogP contribution in [0.1, 0.15) is 44.6 Å². The van der Waals surface area contributed by atoms with Crippen LogP contribution in [0, 0.1) is 0 Å². The molecule has 0 saturated heterocycles. The number of carbonyl (C=O) groups excluding carboxylic acids is 1. The summed E-state index contributed by atoms with van der Waals surface area (Å²) in [5.41, 5.74) is -0.602. The summed E-state index contributed by atoms with van der Waals surface area (Å²) in [6.07, 6.45) is 3.64. The Morgan fingerprint density at radius 2 is 1.83 bits per heavy atom. The topological polar surface area (TPSA) is 76.0 Å².